The summed E-state index contributed by atoms with van der Waals surface area (Å²) in [6.07, 6.45) is 0. The second-order valence-corrected chi connectivity index (χ2v) is 5.94. The topological polar surface area (TPSA) is 38.5 Å². The molecule has 0 spiro atoms. The van der Waals surface area contributed by atoms with Crippen molar-refractivity contribution in [1.82, 2.24) is 0 Å². The standard InChI is InChI=1S/C17H21BrN2O/c1-12-4-6-13(7-5-12)20(2)17(11-19)15-10-14(21-3)8-9-16(15)18/h4-10,17H,11,19H2,1-3H3. The molecule has 3 nitrogen and oxygen atoms in total. The van der Waals surface area contributed by atoms with Gasteiger partial charge < -0.3 is 15.4 Å². The fourth-order valence-corrected chi connectivity index (χ4v) is 2.87. The molecule has 2 rings (SSSR count). The van der Waals surface area contributed by atoms with Gasteiger partial charge in [-0.25, -0.2) is 0 Å². The van der Waals surface area contributed by atoms with Crippen LogP contribution in [0.5, 0.6) is 5.75 Å². The number of likely N-dealkylation sites (N-methyl/N-ethyl adjacent to an activating group) is 1. The van der Waals surface area contributed by atoms with E-state index in [1.54, 1.807) is 7.11 Å². The Balaban J connectivity index is 2.36. The maximum Gasteiger partial charge on any atom is 0.119 e. The Kier molecular flexibility index (Phi) is 5.26. The molecule has 2 N–H and O–H groups in total. The minimum absolute atomic E-state index is 0.0807. The molecule has 0 aliphatic heterocycles. The lowest BCUT2D eigenvalue weighted by Crippen LogP contribution is -2.30. The molecule has 0 heterocycles. The molecule has 0 saturated heterocycles. The number of nitrogens with zero attached hydrogens (tertiary/aromatic N) is 1. The molecule has 21 heavy (non-hydrogen) atoms. The summed E-state index contributed by atoms with van der Waals surface area (Å²) in [5.41, 5.74) is 9.55. The molecular weight excluding hydrogens is 328 g/mol. The van der Waals surface area contributed by atoms with Crippen LogP contribution in [-0.4, -0.2) is 20.7 Å². The largest absolute Gasteiger partial charge is 0.497 e. The van der Waals surface area contributed by atoms with Crippen molar-refractivity contribution in [2.24, 2.45) is 5.73 Å². The number of rotatable bonds is 5. The summed E-state index contributed by atoms with van der Waals surface area (Å²) in [6, 6.07) is 14.5. The second-order valence-electron chi connectivity index (χ2n) is 5.09. The highest BCUT2D eigenvalue weighted by Crippen LogP contribution is 2.32. The fourth-order valence-electron chi connectivity index (χ4n) is 2.36. The lowest BCUT2D eigenvalue weighted by molar-refractivity contribution is 0.413. The fraction of sp³-hybridized carbons (Fsp3) is 0.294. The summed E-state index contributed by atoms with van der Waals surface area (Å²) < 4.78 is 6.37. The van der Waals surface area contributed by atoms with Gasteiger partial charge in [0.1, 0.15) is 5.75 Å². The van der Waals surface area contributed by atoms with Gasteiger partial charge in [-0.3, -0.25) is 0 Å². The lowest BCUT2D eigenvalue weighted by Gasteiger charge is -2.30. The first-order chi connectivity index (χ1) is 10.1. The van der Waals surface area contributed by atoms with Gasteiger partial charge in [0.15, 0.2) is 0 Å². The van der Waals surface area contributed by atoms with E-state index < -0.39 is 0 Å². The van der Waals surface area contributed by atoms with Gasteiger partial charge in [0.2, 0.25) is 0 Å². The Morgan fingerprint density at radius 2 is 1.86 bits per heavy atom. The van der Waals surface area contributed by atoms with Crippen LogP contribution in [0.4, 0.5) is 5.69 Å². The first-order valence-electron chi connectivity index (χ1n) is 6.89. The number of anilines is 1. The molecule has 2 aromatic rings. The maximum atomic E-state index is 6.03. The van der Waals surface area contributed by atoms with Gasteiger partial charge in [-0.05, 0) is 42.8 Å². The third-order valence-electron chi connectivity index (χ3n) is 3.69. The summed E-state index contributed by atoms with van der Waals surface area (Å²) in [5, 5.41) is 0. The van der Waals surface area contributed by atoms with Crippen molar-refractivity contribution in [3.05, 3.63) is 58.1 Å². The Morgan fingerprint density at radius 1 is 1.19 bits per heavy atom. The van der Waals surface area contributed by atoms with E-state index in [-0.39, 0.29) is 6.04 Å². The van der Waals surface area contributed by atoms with Gasteiger partial charge in [-0.1, -0.05) is 33.6 Å². The van der Waals surface area contributed by atoms with Crippen LogP contribution in [0, 0.1) is 6.92 Å². The third kappa shape index (κ3) is 3.57. The van der Waals surface area contributed by atoms with Crippen molar-refractivity contribution in [3.63, 3.8) is 0 Å². The minimum atomic E-state index is 0.0807. The number of ether oxygens (including phenoxy) is 1. The van der Waals surface area contributed by atoms with Gasteiger partial charge in [-0.15, -0.1) is 0 Å². The van der Waals surface area contributed by atoms with Crippen molar-refractivity contribution in [2.45, 2.75) is 13.0 Å². The Morgan fingerprint density at radius 3 is 2.43 bits per heavy atom. The van der Waals surface area contributed by atoms with Crippen LogP contribution in [-0.2, 0) is 0 Å². The summed E-state index contributed by atoms with van der Waals surface area (Å²) in [7, 11) is 3.74. The average Bonchev–Trinajstić information content (AvgIpc) is 2.50. The van der Waals surface area contributed by atoms with E-state index in [4.69, 9.17) is 10.5 Å². The van der Waals surface area contributed by atoms with Crippen LogP contribution in [0.15, 0.2) is 46.9 Å². The number of hydrogen-bond donors (Lipinski definition) is 1. The molecule has 0 radical (unpaired) electrons. The molecule has 0 fully saturated rings. The maximum absolute atomic E-state index is 6.03. The molecule has 0 aliphatic rings. The van der Waals surface area contributed by atoms with E-state index in [2.05, 4.69) is 59.1 Å². The third-order valence-corrected chi connectivity index (χ3v) is 4.42. The van der Waals surface area contributed by atoms with E-state index in [1.807, 2.05) is 18.2 Å². The van der Waals surface area contributed by atoms with E-state index in [9.17, 15) is 0 Å². The number of hydrogen-bond acceptors (Lipinski definition) is 3. The average molecular weight is 349 g/mol. The molecule has 0 saturated carbocycles. The van der Waals surface area contributed by atoms with Crippen LogP contribution in [0.1, 0.15) is 17.2 Å². The predicted molar refractivity (Wildman–Crippen MR) is 92.1 cm³/mol. The molecule has 1 unspecified atom stereocenters. The molecule has 112 valence electrons. The molecule has 0 aliphatic carbocycles. The van der Waals surface area contributed by atoms with Gasteiger partial charge >= 0.3 is 0 Å². The SMILES string of the molecule is COc1ccc(Br)c(C(CN)N(C)c2ccc(C)cc2)c1. The summed E-state index contributed by atoms with van der Waals surface area (Å²) in [5.74, 6) is 0.837. The van der Waals surface area contributed by atoms with Gasteiger partial charge in [0.05, 0.1) is 13.2 Å². The highest BCUT2D eigenvalue weighted by molar-refractivity contribution is 9.10. The smallest absolute Gasteiger partial charge is 0.119 e. The van der Waals surface area contributed by atoms with Crippen molar-refractivity contribution in [3.8, 4) is 5.75 Å². The van der Waals surface area contributed by atoms with E-state index in [0.29, 0.717) is 6.54 Å². The Hall–Kier alpha value is -1.52. The van der Waals surface area contributed by atoms with Gasteiger partial charge in [0.25, 0.3) is 0 Å². The zero-order valence-corrected chi connectivity index (χ0v) is 14.2. The van der Waals surface area contributed by atoms with Gasteiger partial charge in [0, 0.05) is 23.8 Å². The first-order valence-corrected chi connectivity index (χ1v) is 7.69. The summed E-state index contributed by atoms with van der Waals surface area (Å²) in [6.45, 7) is 2.61. The minimum Gasteiger partial charge on any atom is -0.497 e. The molecule has 1 atom stereocenters. The van der Waals surface area contributed by atoms with Crippen molar-refractivity contribution in [2.75, 3.05) is 25.6 Å². The predicted octanol–water partition coefficient (Wildman–Crippen LogP) is 3.90. The highest BCUT2D eigenvalue weighted by Gasteiger charge is 2.19. The molecule has 0 amide bonds. The van der Waals surface area contributed by atoms with Crippen molar-refractivity contribution in [1.29, 1.82) is 0 Å². The Labute approximate surface area is 134 Å². The quantitative estimate of drug-likeness (QED) is 0.890. The van der Waals surface area contributed by atoms with E-state index in [1.165, 1.54) is 5.56 Å². The Bertz CT molecular complexity index is 598. The van der Waals surface area contributed by atoms with E-state index in [0.717, 1.165) is 21.5 Å². The first kappa shape index (κ1) is 15.9. The normalized spacial score (nSPS) is 12.0. The van der Waals surface area contributed by atoms with Crippen LogP contribution < -0.4 is 15.4 Å². The molecular formula is C17H21BrN2O. The number of benzene rings is 2. The molecule has 2 aromatic carbocycles. The lowest BCUT2D eigenvalue weighted by atomic mass is 10.0. The monoisotopic (exact) mass is 348 g/mol. The number of aryl methyl sites for hydroxylation is 1. The molecule has 4 heteroatoms. The highest BCUT2D eigenvalue weighted by atomic mass is 79.9. The van der Waals surface area contributed by atoms with Crippen LogP contribution >= 0.6 is 15.9 Å². The molecule has 0 bridgehead atoms. The van der Waals surface area contributed by atoms with Crippen LogP contribution in [0.25, 0.3) is 0 Å². The zero-order chi connectivity index (χ0) is 15.4. The number of halogens is 1. The zero-order valence-electron chi connectivity index (χ0n) is 12.6. The van der Waals surface area contributed by atoms with Gasteiger partial charge in [-0.2, -0.15) is 0 Å². The summed E-state index contributed by atoms with van der Waals surface area (Å²) >= 11 is 3.62. The van der Waals surface area contributed by atoms with Crippen LogP contribution in [0.2, 0.25) is 0 Å². The van der Waals surface area contributed by atoms with Crippen molar-refractivity contribution >= 4 is 21.6 Å². The van der Waals surface area contributed by atoms with Crippen molar-refractivity contribution < 1.29 is 4.74 Å². The van der Waals surface area contributed by atoms with E-state index >= 15 is 0 Å². The second kappa shape index (κ2) is 6.96. The number of nitrogens with two attached hydrogens (primary N) is 1. The van der Waals surface area contributed by atoms with Crippen LogP contribution in [0.3, 0.4) is 0 Å². The molecule has 0 aromatic heterocycles. The number of methoxy groups -OCH3 is 1. The summed E-state index contributed by atoms with van der Waals surface area (Å²) in [4.78, 5) is 2.19.